The molecule has 6 heteroatoms. The molecule has 0 radical (unpaired) electrons. The average Bonchev–Trinajstić information content (AvgIpc) is 2.48. The van der Waals surface area contributed by atoms with Crippen LogP contribution in [0.2, 0.25) is 0 Å². The average molecular weight is 348 g/mol. The third-order valence-corrected chi connectivity index (χ3v) is 4.47. The SMILES string of the molecule is CC(C)(C)OC(=O)NC1CCC(C)(Cc2ccccc2)N(C(=O)O)C1. The first-order valence-corrected chi connectivity index (χ1v) is 8.63. The Hall–Kier alpha value is -2.24. The van der Waals surface area contributed by atoms with Crippen molar-refractivity contribution in [2.45, 2.75) is 64.1 Å². The van der Waals surface area contributed by atoms with E-state index in [0.29, 0.717) is 19.3 Å². The van der Waals surface area contributed by atoms with Crippen LogP contribution in [0.4, 0.5) is 9.59 Å². The molecule has 0 spiro atoms. The van der Waals surface area contributed by atoms with E-state index in [4.69, 9.17) is 4.74 Å². The summed E-state index contributed by atoms with van der Waals surface area (Å²) in [5, 5.41) is 12.5. The zero-order valence-corrected chi connectivity index (χ0v) is 15.4. The molecule has 0 bridgehead atoms. The molecule has 2 amide bonds. The van der Waals surface area contributed by atoms with Gasteiger partial charge in [0.1, 0.15) is 5.60 Å². The van der Waals surface area contributed by atoms with E-state index in [1.54, 1.807) is 20.8 Å². The van der Waals surface area contributed by atoms with Crippen LogP contribution in [0.15, 0.2) is 30.3 Å². The number of likely N-dealkylation sites (tertiary alicyclic amines) is 1. The first kappa shape index (κ1) is 19.1. The largest absolute Gasteiger partial charge is 0.465 e. The van der Waals surface area contributed by atoms with E-state index < -0.39 is 23.3 Å². The maximum Gasteiger partial charge on any atom is 0.407 e. The standard InChI is InChI=1S/C19H28N2O4/c1-18(2,3)25-16(22)20-15-10-11-19(4,21(13-15)17(23)24)12-14-8-6-5-7-9-14/h5-9,15H,10-13H2,1-4H3,(H,20,22)(H,23,24). The van der Waals surface area contributed by atoms with Gasteiger partial charge in [-0.25, -0.2) is 9.59 Å². The molecule has 2 atom stereocenters. The molecule has 0 aliphatic carbocycles. The van der Waals surface area contributed by atoms with Crippen molar-refractivity contribution >= 4 is 12.2 Å². The molecule has 2 unspecified atom stereocenters. The summed E-state index contributed by atoms with van der Waals surface area (Å²) in [5.74, 6) is 0. The highest BCUT2D eigenvalue weighted by Crippen LogP contribution is 2.31. The van der Waals surface area contributed by atoms with Gasteiger partial charge in [0.15, 0.2) is 0 Å². The minimum atomic E-state index is -0.964. The summed E-state index contributed by atoms with van der Waals surface area (Å²) in [4.78, 5) is 25.2. The number of benzene rings is 1. The van der Waals surface area contributed by atoms with Gasteiger partial charge < -0.3 is 20.1 Å². The molecular weight excluding hydrogens is 320 g/mol. The van der Waals surface area contributed by atoms with Crippen LogP contribution in [0.1, 0.15) is 46.1 Å². The second-order valence-corrected chi connectivity index (χ2v) is 7.93. The highest BCUT2D eigenvalue weighted by atomic mass is 16.6. The summed E-state index contributed by atoms with van der Waals surface area (Å²) in [6.45, 7) is 7.63. The molecule has 138 valence electrons. The minimum Gasteiger partial charge on any atom is -0.465 e. The molecule has 1 saturated heterocycles. The van der Waals surface area contributed by atoms with E-state index in [1.165, 1.54) is 4.90 Å². The van der Waals surface area contributed by atoms with Gasteiger partial charge >= 0.3 is 12.2 Å². The lowest BCUT2D eigenvalue weighted by atomic mass is 9.82. The summed E-state index contributed by atoms with van der Waals surface area (Å²) >= 11 is 0. The van der Waals surface area contributed by atoms with Gasteiger partial charge in [-0.05, 0) is 52.5 Å². The molecule has 2 rings (SSSR count). The van der Waals surface area contributed by atoms with Crippen LogP contribution in [0.3, 0.4) is 0 Å². The number of nitrogens with one attached hydrogen (secondary N) is 1. The Bertz CT molecular complexity index is 612. The van der Waals surface area contributed by atoms with E-state index in [1.807, 2.05) is 37.3 Å². The Kier molecular flexibility index (Phi) is 5.60. The van der Waals surface area contributed by atoms with Crippen LogP contribution in [0.25, 0.3) is 0 Å². The van der Waals surface area contributed by atoms with E-state index >= 15 is 0 Å². The van der Waals surface area contributed by atoms with Crippen molar-refractivity contribution in [1.29, 1.82) is 0 Å². The Labute approximate surface area is 149 Å². The van der Waals surface area contributed by atoms with Crippen molar-refractivity contribution in [3.63, 3.8) is 0 Å². The maximum absolute atomic E-state index is 12.0. The topological polar surface area (TPSA) is 78.9 Å². The second kappa shape index (κ2) is 7.33. The van der Waals surface area contributed by atoms with Gasteiger partial charge in [-0.3, -0.25) is 0 Å². The predicted molar refractivity (Wildman–Crippen MR) is 95.7 cm³/mol. The summed E-state index contributed by atoms with van der Waals surface area (Å²) in [7, 11) is 0. The maximum atomic E-state index is 12.0. The van der Waals surface area contributed by atoms with Gasteiger partial charge in [0, 0.05) is 12.1 Å². The molecule has 0 aromatic heterocycles. The molecule has 1 aliphatic rings. The first-order valence-electron chi connectivity index (χ1n) is 8.63. The summed E-state index contributed by atoms with van der Waals surface area (Å²) in [6, 6.07) is 9.64. The molecule has 1 aliphatic heterocycles. The number of amides is 2. The number of nitrogens with zero attached hydrogens (tertiary/aromatic N) is 1. The van der Waals surface area contributed by atoms with Crippen LogP contribution < -0.4 is 5.32 Å². The van der Waals surface area contributed by atoms with Gasteiger partial charge in [0.2, 0.25) is 0 Å². The van der Waals surface area contributed by atoms with E-state index in [-0.39, 0.29) is 12.6 Å². The quantitative estimate of drug-likeness (QED) is 0.874. The molecule has 0 saturated carbocycles. The van der Waals surface area contributed by atoms with Crippen LogP contribution in [0.5, 0.6) is 0 Å². The van der Waals surface area contributed by atoms with Crippen LogP contribution in [-0.4, -0.2) is 45.9 Å². The monoisotopic (exact) mass is 348 g/mol. The number of hydrogen-bond acceptors (Lipinski definition) is 3. The number of hydrogen-bond donors (Lipinski definition) is 2. The van der Waals surface area contributed by atoms with Crippen LogP contribution in [0, 0.1) is 0 Å². The zero-order chi connectivity index (χ0) is 18.7. The molecule has 6 nitrogen and oxygen atoms in total. The highest BCUT2D eigenvalue weighted by molar-refractivity contribution is 5.69. The lowest BCUT2D eigenvalue weighted by Crippen LogP contribution is -2.60. The normalized spacial score (nSPS) is 23.8. The van der Waals surface area contributed by atoms with Crippen molar-refractivity contribution < 1.29 is 19.4 Å². The van der Waals surface area contributed by atoms with E-state index in [2.05, 4.69) is 5.32 Å². The molecular formula is C19H28N2O4. The van der Waals surface area contributed by atoms with Gasteiger partial charge in [-0.2, -0.15) is 0 Å². The van der Waals surface area contributed by atoms with Crippen molar-refractivity contribution in [1.82, 2.24) is 10.2 Å². The van der Waals surface area contributed by atoms with Crippen LogP contribution >= 0.6 is 0 Å². The Balaban J connectivity index is 2.04. The fourth-order valence-corrected chi connectivity index (χ4v) is 3.27. The lowest BCUT2D eigenvalue weighted by Gasteiger charge is -2.46. The van der Waals surface area contributed by atoms with E-state index in [0.717, 1.165) is 5.56 Å². The molecule has 25 heavy (non-hydrogen) atoms. The van der Waals surface area contributed by atoms with Gasteiger partial charge in [-0.15, -0.1) is 0 Å². The van der Waals surface area contributed by atoms with Crippen molar-refractivity contribution in [2.24, 2.45) is 0 Å². The number of alkyl carbamates (subject to hydrolysis) is 1. The van der Waals surface area contributed by atoms with Gasteiger partial charge in [0.25, 0.3) is 0 Å². The molecule has 1 aromatic rings. The van der Waals surface area contributed by atoms with Crippen molar-refractivity contribution in [3.8, 4) is 0 Å². The first-order chi connectivity index (χ1) is 11.6. The fraction of sp³-hybridized carbons (Fsp3) is 0.579. The third kappa shape index (κ3) is 5.37. The van der Waals surface area contributed by atoms with E-state index in [9.17, 15) is 14.7 Å². The Morgan fingerprint density at radius 1 is 1.32 bits per heavy atom. The third-order valence-electron chi connectivity index (χ3n) is 4.47. The minimum absolute atomic E-state index is 0.241. The smallest absolute Gasteiger partial charge is 0.407 e. The Morgan fingerprint density at radius 3 is 2.52 bits per heavy atom. The number of carbonyl (C=O) groups is 2. The van der Waals surface area contributed by atoms with Gasteiger partial charge in [0.05, 0.1) is 6.04 Å². The molecule has 1 heterocycles. The summed E-state index contributed by atoms with van der Waals surface area (Å²) in [5.41, 5.74) is 0.0432. The predicted octanol–water partition coefficient (Wildman–Crippen LogP) is 3.65. The summed E-state index contributed by atoms with van der Waals surface area (Å²) < 4.78 is 5.27. The lowest BCUT2D eigenvalue weighted by molar-refractivity contribution is 0.0289. The Morgan fingerprint density at radius 2 is 1.96 bits per heavy atom. The molecule has 2 N–H and O–H groups in total. The van der Waals surface area contributed by atoms with Gasteiger partial charge in [-0.1, -0.05) is 30.3 Å². The number of carbonyl (C=O) groups excluding carboxylic acids is 1. The van der Waals surface area contributed by atoms with Crippen molar-refractivity contribution in [2.75, 3.05) is 6.54 Å². The number of ether oxygens (including phenoxy) is 1. The molecule has 1 fully saturated rings. The zero-order valence-electron chi connectivity index (χ0n) is 15.4. The number of rotatable bonds is 3. The second-order valence-electron chi connectivity index (χ2n) is 7.93. The number of piperidine rings is 1. The fourth-order valence-electron chi connectivity index (χ4n) is 3.27. The summed E-state index contributed by atoms with van der Waals surface area (Å²) in [6.07, 6.45) is 0.573. The highest BCUT2D eigenvalue weighted by Gasteiger charge is 2.41. The van der Waals surface area contributed by atoms with Crippen LogP contribution in [-0.2, 0) is 11.2 Å². The number of carboxylic acid groups (broad SMARTS) is 1. The van der Waals surface area contributed by atoms with Crippen molar-refractivity contribution in [3.05, 3.63) is 35.9 Å². The molecule has 1 aromatic carbocycles.